The quantitative estimate of drug-likeness (QED) is 0.330. The number of fused-ring (bicyclic) bond motifs is 2. The average molecular weight is 433 g/mol. The van der Waals surface area contributed by atoms with Crippen LogP contribution in [0.2, 0.25) is 0 Å². The van der Waals surface area contributed by atoms with E-state index in [-0.39, 0.29) is 11.5 Å². The van der Waals surface area contributed by atoms with Crippen molar-refractivity contribution < 1.29 is 23.5 Å². The number of carbonyl (C=O) groups excluding carboxylic acids is 1. The molecule has 1 aliphatic carbocycles. The number of esters is 1. The van der Waals surface area contributed by atoms with E-state index in [2.05, 4.69) is 32.9 Å². The molecule has 5 nitrogen and oxygen atoms in total. The molecular weight excluding hydrogens is 409 g/mol. The Kier molecular flexibility index (Phi) is 6.50. The van der Waals surface area contributed by atoms with Crippen LogP contribution >= 0.6 is 0 Å². The van der Waals surface area contributed by atoms with Gasteiger partial charge in [0.25, 0.3) is 0 Å². The van der Waals surface area contributed by atoms with Crippen molar-refractivity contribution in [2.75, 3.05) is 14.2 Å². The van der Waals surface area contributed by atoms with Crippen LogP contribution in [0.3, 0.4) is 0 Å². The van der Waals surface area contributed by atoms with Gasteiger partial charge in [-0.2, -0.15) is 0 Å². The van der Waals surface area contributed by atoms with Gasteiger partial charge in [0.1, 0.15) is 25.3 Å². The Labute approximate surface area is 186 Å². The number of halogens is 1. The molecular formula is C26H24FNO4. The molecule has 32 heavy (non-hydrogen) atoms. The number of oxime groups is 1. The van der Waals surface area contributed by atoms with Gasteiger partial charge in [0.2, 0.25) is 0 Å². The number of hydrogen-bond donors (Lipinski definition) is 0. The van der Waals surface area contributed by atoms with E-state index in [0.29, 0.717) is 11.5 Å². The van der Waals surface area contributed by atoms with Crippen molar-refractivity contribution in [3.63, 3.8) is 0 Å². The van der Waals surface area contributed by atoms with Gasteiger partial charge in [-0.05, 0) is 53.8 Å². The highest BCUT2D eigenvalue weighted by molar-refractivity contribution is 6.43. The van der Waals surface area contributed by atoms with E-state index in [9.17, 15) is 9.18 Å². The summed E-state index contributed by atoms with van der Waals surface area (Å²) in [6.07, 6.45) is 2.06. The van der Waals surface area contributed by atoms with Gasteiger partial charge in [0.05, 0.1) is 7.11 Å². The normalized spacial score (nSPS) is 15.8. The first-order chi connectivity index (χ1) is 15.6. The van der Waals surface area contributed by atoms with Crippen molar-refractivity contribution in [1.82, 2.24) is 0 Å². The Balaban J connectivity index is 0.000000159. The molecule has 3 aromatic rings. The van der Waals surface area contributed by atoms with Crippen molar-refractivity contribution >= 4 is 11.7 Å². The van der Waals surface area contributed by atoms with Crippen LogP contribution in [-0.2, 0) is 27.4 Å². The van der Waals surface area contributed by atoms with Crippen LogP contribution in [0.1, 0.15) is 40.2 Å². The summed E-state index contributed by atoms with van der Waals surface area (Å²) in [5, 5.41) is 3.61. The maximum absolute atomic E-state index is 13.2. The van der Waals surface area contributed by atoms with Crippen LogP contribution in [0.5, 0.6) is 5.75 Å². The number of carbonyl (C=O) groups is 1. The summed E-state index contributed by atoms with van der Waals surface area (Å²) in [7, 11) is 2.68. The first kappa shape index (κ1) is 21.6. The summed E-state index contributed by atoms with van der Waals surface area (Å²) in [5.41, 5.74) is 5.91. The maximum Gasteiger partial charge on any atom is 0.360 e. The smallest absolute Gasteiger partial charge is 0.360 e. The van der Waals surface area contributed by atoms with E-state index in [0.717, 1.165) is 25.2 Å². The number of benzene rings is 3. The molecule has 3 aromatic carbocycles. The molecule has 0 bridgehead atoms. The van der Waals surface area contributed by atoms with E-state index < -0.39 is 5.97 Å². The number of nitrogens with zero attached hydrogens (tertiary/aromatic N) is 1. The average Bonchev–Trinajstić information content (AvgIpc) is 3.22. The summed E-state index contributed by atoms with van der Waals surface area (Å²) in [4.78, 5) is 15.8. The Morgan fingerprint density at radius 3 is 2.50 bits per heavy atom. The Bertz CT molecular complexity index is 1140. The van der Waals surface area contributed by atoms with E-state index in [1.165, 1.54) is 36.5 Å². The third-order valence-electron chi connectivity index (χ3n) is 5.66. The van der Waals surface area contributed by atoms with Crippen molar-refractivity contribution in [3.05, 3.63) is 100 Å². The fourth-order valence-corrected chi connectivity index (χ4v) is 4.07. The lowest BCUT2D eigenvalue weighted by Gasteiger charge is -2.22. The summed E-state index contributed by atoms with van der Waals surface area (Å²) in [5.74, 6) is 0.792. The highest BCUT2D eigenvalue weighted by Gasteiger charge is 2.26. The molecule has 0 aromatic heterocycles. The van der Waals surface area contributed by atoms with Crippen LogP contribution in [0.25, 0.3) is 0 Å². The predicted molar refractivity (Wildman–Crippen MR) is 119 cm³/mol. The van der Waals surface area contributed by atoms with E-state index >= 15 is 0 Å². The first-order valence-electron chi connectivity index (χ1n) is 10.4. The molecule has 0 spiro atoms. The van der Waals surface area contributed by atoms with Crippen LogP contribution in [0, 0.1) is 5.82 Å². The molecule has 0 radical (unpaired) electrons. The van der Waals surface area contributed by atoms with Gasteiger partial charge in [0, 0.05) is 17.0 Å². The summed E-state index contributed by atoms with van der Waals surface area (Å²) in [6, 6.07) is 20.6. The molecule has 6 heteroatoms. The third-order valence-corrected chi connectivity index (χ3v) is 5.66. The molecule has 1 heterocycles. The van der Waals surface area contributed by atoms with Gasteiger partial charge >= 0.3 is 5.97 Å². The molecule has 5 rings (SSSR count). The summed E-state index contributed by atoms with van der Waals surface area (Å²) in [6.45, 7) is 0.728. The Morgan fingerprint density at radius 2 is 1.84 bits per heavy atom. The topological polar surface area (TPSA) is 57.1 Å². The number of aryl methyl sites for hydroxylation is 1. The molecule has 0 fully saturated rings. The summed E-state index contributed by atoms with van der Waals surface area (Å²) >= 11 is 0. The molecule has 2 aliphatic rings. The Morgan fingerprint density at radius 1 is 1.03 bits per heavy atom. The number of rotatable bonds is 4. The van der Waals surface area contributed by atoms with Crippen LogP contribution < -0.4 is 4.74 Å². The summed E-state index contributed by atoms with van der Waals surface area (Å²) < 4.78 is 23.1. The SMILES string of the molecule is CON=C(C(=O)OC)c1ccccc1.Fc1ccc2c(c1)CCC2c1ccc2c(c1)CO2. The molecule has 0 saturated heterocycles. The van der Waals surface area contributed by atoms with Crippen molar-refractivity contribution in [2.45, 2.75) is 25.4 Å². The highest BCUT2D eigenvalue weighted by atomic mass is 19.1. The molecule has 0 amide bonds. The second-order valence-corrected chi connectivity index (χ2v) is 7.57. The molecule has 1 unspecified atom stereocenters. The molecule has 0 saturated carbocycles. The fourth-order valence-electron chi connectivity index (χ4n) is 4.07. The minimum Gasteiger partial charge on any atom is -0.488 e. The van der Waals surface area contributed by atoms with E-state index in [4.69, 9.17) is 4.74 Å². The second kappa shape index (κ2) is 9.64. The lowest BCUT2D eigenvalue weighted by Crippen LogP contribution is -2.17. The largest absolute Gasteiger partial charge is 0.488 e. The third kappa shape index (κ3) is 4.49. The molecule has 1 atom stereocenters. The van der Waals surface area contributed by atoms with Crippen molar-refractivity contribution in [1.29, 1.82) is 0 Å². The first-order valence-corrected chi connectivity index (χ1v) is 10.4. The fraction of sp³-hybridized carbons (Fsp3) is 0.231. The molecule has 1 aliphatic heterocycles. The molecule has 164 valence electrons. The monoisotopic (exact) mass is 433 g/mol. The minimum atomic E-state index is -0.516. The van der Waals surface area contributed by atoms with E-state index in [1.807, 2.05) is 24.3 Å². The predicted octanol–water partition coefficient (Wildman–Crippen LogP) is 5.01. The van der Waals surface area contributed by atoms with Gasteiger partial charge < -0.3 is 14.3 Å². The van der Waals surface area contributed by atoms with Gasteiger partial charge in [0.15, 0.2) is 5.71 Å². The lowest BCUT2D eigenvalue weighted by atomic mass is 9.91. The van der Waals surface area contributed by atoms with Crippen molar-refractivity contribution in [3.8, 4) is 5.75 Å². The number of ether oxygens (including phenoxy) is 2. The number of methoxy groups -OCH3 is 1. The zero-order valence-electron chi connectivity index (χ0n) is 18.0. The van der Waals surface area contributed by atoms with Crippen LogP contribution in [-0.4, -0.2) is 25.9 Å². The van der Waals surface area contributed by atoms with Gasteiger partial charge in [-0.1, -0.05) is 47.6 Å². The van der Waals surface area contributed by atoms with Gasteiger partial charge in [-0.15, -0.1) is 0 Å². The van der Waals surface area contributed by atoms with Gasteiger partial charge in [-0.3, -0.25) is 0 Å². The highest BCUT2D eigenvalue weighted by Crippen LogP contribution is 2.41. The zero-order valence-corrected chi connectivity index (χ0v) is 18.0. The van der Waals surface area contributed by atoms with Gasteiger partial charge in [-0.25, -0.2) is 9.18 Å². The maximum atomic E-state index is 13.2. The van der Waals surface area contributed by atoms with Crippen LogP contribution in [0.4, 0.5) is 4.39 Å². The van der Waals surface area contributed by atoms with Crippen molar-refractivity contribution in [2.24, 2.45) is 5.16 Å². The minimum absolute atomic E-state index is 0.125. The second-order valence-electron chi connectivity index (χ2n) is 7.57. The lowest BCUT2D eigenvalue weighted by molar-refractivity contribution is -0.132. The zero-order chi connectivity index (χ0) is 22.5. The van der Waals surface area contributed by atoms with Crippen LogP contribution in [0.15, 0.2) is 71.9 Å². The number of hydrogen-bond acceptors (Lipinski definition) is 5. The Hall–Kier alpha value is -3.67. The molecule has 0 N–H and O–H groups in total. The standard InChI is InChI=1S/C16H13FO.C10H11NO3/c17-13-3-5-15-11(8-13)1-4-14(15)10-2-6-16-12(7-10)9-18-16;1-13-10(12)9(11-14-2)8-6-4-3-5-7-8/h2-3,5-8,14H,1,4,9H2;3-7H,1-2H3. The van der Waals surface area contributed by atoms with E-state index in [1.54, 1.807) is 24.3 Å².